The molecule has 0 aromatic heterocycles. The second kappa shape index (κ2) is 4.53. The number of rotatable bonds is 3. The Hall–Kier alpha value is -1.55. The van der Waals surface area contributed by atoms with Crippen LogP contribution < -0.4 is 5.73 Å². The zero-order valence-corrected chi connectivity index (χ0v) is 9.10. The predicted octanol–water partition coefficient (Wildman–Crippen LogP) is 0.262. The largest absolute Gasteiger partial charge is 0.399 e. The van der Waals surface area contributed by atoms with Crippen LogP contribution in [0.4, 0.5) is 5.69 Å². The topological polar surface area (TPSA) is 66.6 Å². The maximum atomic E-state index is 11.8. The lowest BCUT2D eigenvalue weighted by Crippen LogP contribution is -2.51. The molecule has 1 aliphatic rings. The molecular weight excluding hydrogens is 204 g/mol. The molecule has 0 spiro atoms. The van der Waals surface area contributed by atoms with Gasteiger partial charge in [-0.15, -0.1) is 0 Å². The molecule has 86 valence electrons. The van der Waals surface area contributed by atoms with Crippen molar-refractivity contribution in [3.05, 3.63) is 29.8 Å². The number of carbonyl (C=O) groups is 1. The summed E-state index contributed by atoms with van der Waals surface area (Å²) in [5.41, 5.74) is 7.25. The van der Waals surface area contributed by atoms with Gasteiger partial charge in [0.2, 0.25) is 5.91 Å². The molecule has 1 heterocycles. The Balaban J connectivity index is 1.86. The molecule has 1 saturated heterocycles. The number of nitrogens with zero attached hydrogens (tertiary/aromatic N) is 1. The summed E-state index contributed by atoms with van der Waals surface area (Å²) in [4.78, 5) is 13.5. The number of nitrogens with two attached hydrogens (primary N) is 1. The molecule has 1 aromatic carbocycles. The minimum Gasteiger partial charge on any atom is -0.399 e. The summed E-state index contributed by atoms with van der Waals surface area (Å²) >= 11 is 0. The number of nitrogen functional groups attached to an aromatic ring is 1. The number of benzene rings is 1. The third-order valence-electron chi connectivity index (χ3n) is 2.90. The summed E-state index contributed by atoms with van der Waals surface area (Å²) in [5, 5.41) is 8.85. The Bertz CT molecular complexity index is 369. The predicted molar refractivity (Wildman–Crippen MR) is 61.7 cm³/mol. The lowest BCUT2D eigenvalue weighted by Gasteiger charge is -2.38. The SMILES string of the molecule is Nc1ccc(CC(=O)N2CC(CO)C2)cc1. The average molecular weight is 220 g/mol. The van der Waals surface area contributed by atoms with Gasteiger partial charge in [-0.25, -0.2) is 0 Å². The molecule has 1 amide bonds. The highest BCUT2D eigenvalue weighted by molar-refractivity contribution is 5.79. The molecule has 2 rings (SSSR count). The van der Waals surface area contributed by atoms with E-state index in [4.69, 9.17) is 10.8 Å². The fourth-order valence-electron chi connectivity index (χ4n) is 1.81. The van der Waals surface area contributed by atoms with Crippen LogP contribution >= 0.6 is 0 Å². The first-order valence-corrected chi connectivity index (χ1v) is 5.42. The summed E-state index contributed by atoms with van der Waals surface area (Å²) in [6.45, 7) is 1.54. The Kier molecular flexibility index (Phi) is 3.10. The summed E-state index contributed by atoms with van der Waals surface area (Å²) in [6.07, 6.45) is 0.415. The van der Waals surface area contributed by atoms with Gasteiger partial charge < -0.3 is 15.7 Å². The molecule has 3 N–H and O–H groups in total. The number of anilines is 1. The fraction of sp³-hybridized carbons (Fsp3) is 0.417. The van der Waals surface area contributed by atoms with Crippen molar-refractivity contribution in [2.75, 3.05) is 25.4 Å². The van der Waals surface area contributed by atoms with Crippen LogP contribution in [0.2, 0.25) is 0 Å². The van der Waals surface area contributed by atoms with E-state index in [1.807, 2.05) is 12.1 Å². The molecular formula is C12H16N2O2. The van der Waals surface area contributed by atoms with Crippen molar-refractivity contribution in [3.8, 4) is 0 Å². The molecule has 4 nitrogen and oxygen atoms in total. The van der Waals surface area contributed by atoms with Crippen molar-refractivity contribution in [2.45, 2.75) is 6.42 Å². The Morgan fingerprint density at radius 3 is 2.56 bits per heavy atom. The zero-order chi connectivity index (χ0) is 11.5. The van der Waals surface area contributed by atoms with E-state index in [2.05, 4.69) is 0 Å². The number of likely N-dealkylation sites (tertiary alicyclic amines) is 1. The first kappa shape index (κ1) is 11.0. The number of aliphatic hydroxyl groups is 1. The van der Waals surface area contributed by atoms with Crippen molar-refractivity contribution >= 4 is 11.6 Å². The molecule has 0 saturated carbocycles. The van der Waals surface area contributed by atoms with Crippen molar-refractivity contribution < 1.29 is 9.90 Å². The van der Waals surface area contributed by atoms with Gasteiger partial charge in [-0.2, -0.15) is 0 Å². The smallest absolute Gasteiger partial charge is 0.227 e. The summed E-state index contributed by atoms with van der Waals surface area (Å²) in [5.74, 6) is 0.393. The van der Waals surface area contributed by atoms with E-state index in [1.165, 1.54) is 0 Å². The number of aliphatic hydroxyl groups excluding tert-OH is 1. The van der Waals surface area contributed by atoms with Gasteiger partial charge in [0.15, 0.2) is 0 Å². The Morgan fingerprint density at radius 1 is 1.38 bits per heavy atom. The van der Waals surface area contributed by atoms with E-state index in [0.29, 0.717) is 25.2 Å². The third kappa shape index (κ3) is 2.33. The third-order valence-corrected chi connectivity index (χ3v) is 2.90. The quantitative estimate of drug-likeness (QED) is 0.718. The fourth-order valence-corrected chi connectivity index (χ4v) is 1.81. The maximum absolute atomic E-state index is 11.8. The van der Waals surface area contributed by atoms with E-state index < -0.39 is 0 Å². The van der Waals surface area contributed by atoms with Crippen LogP contribution in [0.25, 0.3) is 0 Å². The van der Waals surface area contributed by atoms with Crippen LogP contribution in [0.1, 0.15) is 5.56 Å². The van der Waals surface area contributed by atoms with Gasteiger partial charge in [-0.05, 0) is 17.7 Å². The standard InChI is InChI=1S/C12H16N2O2/c13-11-3-1-9(2-4-11)5-12(16)14-6-10(7-14)8-15/h1-4,10,15H,5-8,13H2. The highest BCUT2D eigenvalue weighted by atomic mass is 16.3. The van der Waals surface area contributed by atoms with Crippen molar-refractivity contribution in [1.82, 2.24) is 4.90 Å². The van der Waals surface area contributed by atoms with Gasteiger partial charge in [-0.1, -0.05) is 12.1 Å². The molecule has 1 fully saturated rings. The van der Waals surface area contributed by atoms with Crippen LogP contribution in [-0.2, 0) is 11.2 Å². The number of hydrogen-bond acceptors (Lipinski definition) is 3. The van der Waals surface area contributed by atoms with E-state index in [-0.39, 0.29) is 18.4 Å². The Labute approximate surface area is 94.7 Å². The van der Waals surface area contributed by atoms with E-state index >= 15 is 0 Å². The van der Waals surface area contributed by atoms with Crippen LogP contribution in [0.3, 0.4) is 0 Å². The van der Waals surface area contributed by atoms with Crippen LogP contribution in [-0.4, -0.2) is 35.6 Å². The van der Waals surface area contributed by atoms with Gasteiger partial charge in [0, 0.05) is 31.3 Å². The zero-order valence-electron chi connectivity index (χ0n) is 9.10. The molecule has 0 bridgehead atoms. The van der Waals surface area contributed by atoms with Crippen LogP contribution in [0.15, 0.2) is 24.3 Å². The van der Waals surface area contributed by atoms with Crippen molar-refractivity contribution in [3.63, 3.8) is 0 Å². The molecule has 0 unspecified atom stereocenters. The molecule has 1 aromatic rings. The van der Waals surface area contributed by atoms with E-state index in [1.54, 1.807) is 17.0 Å². The molecule has 16 heavy (non-hydrogen) atoms. The van der Waals surface area contributed by atoms with E-state index in [0.717, 1.165) is 5.56 Å². The van der Waals surface area contributed by atoms with Crippen molar-refractivity contribution in [1.29, 1.82) is 0 Å². The molecule has 4 heteroatoms. The van der Waals surface area contributed by atoms with Gasteiger partial charge in [0.1, 0.15) is 0 Å². The highest BCUT2D eigenvalue weighted by Crippen LogP contribution is 2.16. The van der Waals surface area contributed by atoms with Crippen LogP contribution in [0.5, 0.6) is 0 Å². The van der Waals surface area contributed by atoms with Gasteiger partial charge in [0.05, 0.1) is 6.42 Å². The molecule has 0 atom stereocenters. The second-order valence-electron chi connectivity index (χ2n) is 4.27. The average Bonchev–Trinajstić information content (AvgIpc) is 2.20. The summed E-state index contributed by atoms with van der Waals surface area (Å²) in [6, 6.07) is 7.34. The van der Waals surface area contributed by atoms with Crippen molar-refractivity contribution in [2.24, 2.45) is 5.92 Å². The van der Waals surface area contributed by atoms with Gasteiger partial charge in [0.25, 0.3) is 0 Å². The molecule has 1 aliphatic heterocycles. The second-order valence-corrected chi connectivity index (χ2v) is 4.27. The highest BCUT2D eigenvalue weighted by Gasteiger charge is 2.29. The normalized spacial score (nSPS) is 15.9. The number of hydrogen-bond donors (Lipinski definition) is 2. The van der Waals surface area contributed by atoms with E-state index in [9.17, 15) is 4.79 Å². The van der Waals surface area contributed by atoms with Crippen LogP contribution in [0, 0.1) is 5.92 Å². The monoisotopic (exact) mass is 220 g/mol. The maximum Gasteiger partial charge on any atom is 0.227 e. The minimum atomic E-state index is 0.120. The summed E-state index contributed by atoms with van der Waals surface area (Å²) in [7, 11) is 0. The Morgan fingerprint density at radius 2 is 2.00 bits per heavy atom. The van der Waals surface area contributed by atoms with Gasteiger partial charge >= 0.3 is 0 Å². The lowest BCUT2D eigenvalue weighted by atomic mass is 10.00. The first-order chi connectivity index (χ1) is 7.69. The molecule has 0 radical (unpaired) electrons. The lowest BCUT2D eigenvalue weighted by molar-refractivity contribution is -0.137. The number of carbonyl (C=O) groups excluding carboxylic acids is 1. The minimum absolute atomic E-state index is 0.120. The molecule has 0 aliphatic carbocycles. The first-order valence-electron chi connectivity index (χ1n) is 5.42. The number of amides is 1. The van der Waals surface area contributed by atoms with Gasteiger partial charge in [-0.3, -0.25) is 4.79 Å². The summed E-state index contributed by atoms with van der Waals surface area (Å²) < 4.78 is 0.